The van der Waals surface area contributed by atoms with Crippen molar-refractivity contribution in [1.82, 2.24) is 10.4 Å². The van der Waals surface area contributed by atoms with Crippen molar-refractivity contribution >= 4 is 39.6 Å². The summed E-state index contributed by atoms with van der Waals surface area (Å²) in [4.78, 5) is 25.9. The number of hydrogen-bond acceptors (Lipinski definition) is 4. The van der Waals surface area contributed by atoms with Crippen molar-refractivity contribution in [2.24, 2.45) is 0 Å². The number of amides is 2. The summed E-state index contributed by atoms with van der Waals surface area (Å²) in [6.45, 7) is 15.7. The molecule has 0 aromatic heterocycles. The molecule has 0 fully saturated rings. The summed E-state index contributed by atoms with van der Waals surface area (Å²) in [5, 5.41) is 1.20. The Morgan fingerprint density at radius 3 is 1.67 bits per heavy atom. The molecule has 2 atom stereocenters. The van der Waals surface area contributed by atoms with Crippen LogP contribution in [0.4, 0.5) is 0 Å². The van der Waals surface area contributed by atoms with Crippen LogP contribution in [-0.4, -0.2) is 51.1 Å². The van der Waals surface area contributed by atoms with Crippen LogP contribution in [0.3, 0.4) is 0 Å². The van der Waals surface area contributed by atoms with Crippen LogP contribution in [0.25, 0.3) is 0 Å². The first-order chi connectivity index (χ1) is 15.6. The van der Waals surface area contributed by atoms with Gasteiger partial charge in [0.15, 0.2) is 0 Å². The second kappa shape index (κ2) is 10.7. The molecule has 1 aliphatic rings. The van der Waals surface area contributed by atoms with Crippen LogP contribution in [0.1, 0.15) is 69.2 Å². The summed E-state index contributed by atoms with van der Waals surface area (Å²) in [7, 11) is -2.14. The minimum atomic E-state index is -2.14. The Morgan fingerprint density at radius 2 is 1.21 bits per heavy atom. The van der Waals surface area contributed by atoms with Gasteiger partial charge in [-0.25, -0.2) is 0 Å². The van der Waals surface area contributed by atoms with Gasteiger partial charge >= 0.3 is 206 Å². The Kier molecular flexibility index (Phi) is 8.35. The molecule has 178 valence electrons. The Morgan fingerprint density at radius 1 is 0.758 bits per heavy atom. The molecule has 5 nitrogen and oxygen atoms in total. The molecule has 0 saturated carbocycles. The third kappa shape index (κ3) is 5.18. The van der Waals surface area contributed by atoms with Crippen molar-refractivity contribution in [2.75, 3.05) is 0 Å². The zero-order valence-electron chi connectivity index (χ0n) is 20.7. The molecule has 0 radical (unpaired) electrons. The molecule has 33 heavy (non-hydrogen) atoms. The van der Waals surface area contributed by atoms with Crippen LogP contribution < -0.4 is 9.89 Å². The van der Waals surface area contributed by atoms with Crippen LogP contribution in [0.15, 0.2) is 54.6 Å². The van der Waals surface area contributed by atoms with E-state index in [1.54, 1.807) is 24.3 Å². The van der Waals surface area contributed by atoms with Gasteiger partial charge in [0, 0.05) is 0 Å². The SMILES string of the molecule is CC(C)[Si](O[C@H](C)[C@@H](NN1C(=O)c2ccccc2C1=O)[Se]c1ccccc1)(C(C)C)C(C)C. The Balaban J connectivity index is 1.92. The second-order valence-corrected chi connectivity index (χ2v) is 17.6. The number of hydrogen-bond donors (Lipinski definition) is 1. The molecule has 2 amide bonds. The fourth-order valence-corrected chi connectivity index (χ4v) is 13.0. The van der Waals surface area contributed by atoms with E-state index in [0.717, 1.165) is 0 Å². The topological polar surface area (TPSA) is 58.6 Å². The average Bonchev–Trinajstić information content (AvgIpc) is 3.01. The van der Waals surface area contributed by atoms with Gasteiger partial charge in [-0.15, -0.1) is 0 Å². The van der Waals surface area contributed by atoms with Crippen molar-refractivity contribution in [3.63, 3.8) is 0 Å². The summed E-state index contributed by atoms with van der Waals surface area (Å²) >= 11 is -0.0545. The van der Waals surface area contributed by atoms with Gasteiger partial charge in [-0.1, -0.05) is 0 Å². The number of carbonyl (C=O) groups is 2. The van der Waals surface area contributed by atoms with E-state index in [0.29, 0.717) is 27.8 Å². The van der Waals surface area contributed by atoms with Crippen molar-refractivity contribution < 1.29 is 14.0 Å². The van der Waals surface area contributed by atoms with Crippen molar-refractivity contribution in [3.05, 3.63) is 65.7 Å². The van der Waals surface area contributed by atoms with Crippen molar-refractivity contribution in [3.8, 4) is 0 Å². The predicted octanol–water partition coefficient (Wildman–Crippen LogP) is 4.72. The Bertz CT molecular complexity index is 924. The first-order valence-corrected chi connectivity index (χ1v) is 15.7. The molecule has 0 aliphatic carbocycles. The average molecular weight is 532 g/mol. The second-order valence-electron chi connectivity index (χ2n) is 9.61. The van der Waals surface area contributed by atoms with E-state index in [1.807, 2.05) is 18.2 Å². The van der Waals surface area contributed by atoms with Crippen LogP contribution in [0.5, 0.6) is 0 Å². The molecule has 0 spiro atoms. The fourth-order valence-electron chi connectivity index (χ4n) is 5.10. The predicted molar refractivity (Wildman–Crippen MR) is 137 cm³/mol. The number of imide groups is 1. The number of fused-ring (bicyclic) bond motifs is 1. The molecule has 0 saturated heterocycles. The standard InChI is InChI=1S/C26H36N2O3SeSi/c1-17(2)33(18(3)4,19(5)6)31-20(7)24(32-21-13-9-8-10-14-21)27-28-25(29)22-15-11-12-16-23(22)26(28)30/h8-20,24,27H,1-7H3/t20-,24+/m1/s1. The first kappa shape index (κ1) is 25.9. The van der Waals surface area contributed by atoms with Crippen LogP contribution in [-0.2, 0) is 4.43 Å². The van der Waals surface area contributed by atoms with Gasteiger partial charge in [0.1, 0.15) is 0 Å². The van der Waals surface area contributed by atoms with Gasteiger partial charge < -0.3 is 0 Å². The molecule has 1 aliphatic heterocycles. The van der Waals surface area contributed by atoms with Gasteiger partial charge in [-0.05, 0) is 0 Å². The molecule has 3 rings (SSSR count). The van der Waals surface area contributed by atoms with Gasteiger partial charge in [0.05, 0.1) is 0 Å². The Hall–Kier alpha value is -1.76. The van der Waals surface area contributed by atoms with E-state index in [2.05, 4.69) is 66.0 Å². The summed E-state index contributed by atoms with van der Waals surface area (Å²) < 4.78 is 8.25. The minimum absolute atomic E-state index is 0.0545. The van der Waals surface area contributed by atoms with Crippen LogP contribution in [0, 0.1) is 0 Å². The van der Waals surface area contributed by atoms with E-state index in [4.69, 9.17) is 4.43 Å². The summed E-state index contributed by atoms with van der Waals surface area (Å²) in [6, 6.07) is 17.3. The maximum atomic E-state index is 13.0. The van der Waals surface area contributed by atoms with E-state index < -0.39 is 8.32 Å². The zero-order valence-corrected chi connectivity index (χ0v) is 23.4. The fraction of sp³-hybridized carbons (Fsp3) is 0.462. The van der Waals surface area contributed by atoms with E-state index in [-0.39, 0.29) is 37.8 Å². The number of rotatable bonds is 10. The third-order valence-electron chi connectivity index (χ3n) is 6.58. The molecule has 2 aromatic carbocycles. The van der Waals surface area contributed by atoms with Gasteiger partial charge in [-0.3, -0.25) is 0 Å². The normalized spacial score (nSPS) is 16.1. The van der Waals surface area contributed by atoms with Gasteiger partial charge in [0.2, 0.25) is 0 Å². The van der Waals surface area contributed by atoms with E-state index in [9.17, 15) is 9.59 Å². The monoisotopic (exact) mass is 532 g/mol. The van der Waals surface area contributed by atoms with Crippen LogP contribution in [0.2, 0.25) is 16.6 Å². The molecule has 7 heteroatoms. The number of nitrogens with zero attached hydrogens (tertiary/aromatic N) is 1. The first-order valence-electron chi connectivity index (χ1n) is 11.7. The maximum absolute atomic E-state index is 13.0. The zero-order chi connectivity index (χ0) is 24.3. The van der Waals surface area contributed by atoms with Crippen molar-refractivity contribution in [2.45, 2.75) is 76.1 Å². The summed E-state index contributed by atoms with van der Waals surface area (Å²) in [5.74, 6) is -0.589. The molecular weight excluding hydrogens is 495 g/mol. The quantitative estimate of drug-likeness (QED) is 0.356. The van der Waals surface area contributed by atoms with Gasteiger partial charge in [-0.2, -0.15) is 0 Å². The van der Waals surface area contributed by atoms with E-state index in [1.165, 1.54) is 9.47 Å². The number of nitrogens with one attached hydrogen (secondary N) is 1. The van der Waals surface area contributed by atoms with E-state index >= 15 is 0 Å². The molecule has 2 aromatic rings. The Labute approximate surface area is 205 Å². The molecule has 1 N–H and O–H groups in total. The summed E-state index contributed by atoms with van der Waals surface area (Å²) in [6.07, 6.45) is -0.159. The molecule has 1 heterocycles. The number of hydrazine groups is 1. The third-order valence-corrected chi connectivity index (χ3v) is 15.5. The molecular formula is C26H36N2O3SeSi. The molecule has 0 unspecified atom stereocenters. The number of carbonyl (C=O) groups excluding carboxylic acids is 2. The van der Waals surface area contributed by atoms with Crippen molar-refractivity contribution in [1.29, 1.82) is 0 Å². The molecule has 0 bridgehead atoms. The van der Waals surface area contributed by atoms with Gasteiger partial charge in [0.25, 0.3) is 0 Å². The number of benzene rings is 2. The summed E-state index contributed by atoms with van der Waals surface area (Å²) in [5.41, 5.74) is 5.55. The van der Waals surface area contributed by atoms with Crippen LogP contribution >= 0.6 is 0 Å².